The lowest BCUT2D eigenvalue weighted by atomic mass is 10.2. The number of hydrogen-bond acceptors (Lipinski definition) is 6. The molecule has 3 heterocycles. The molecule has 0 aliphatic carbocycles. The van der Waals surface area contributed by atoms with Gasteiger partial charge >= 0.3 is 6.18 Å². The molecule has 4 rings (SSSR count). The van der Waals surface area contributed by atoms with E-state index in [2.05, 4.69) is 5.10 Å². The van der Waals surface area contributed by atoms with Crippen molar-refractivity contribution in [2.24, 2.45) is 0 Å². The zero-order chi connectivity index (χ0) is 25.2. The Labute approximate surface area is 199 Å². The molecule has 2 aromatic rings. The summed E-state index contributed by atoms with van der Waals surface area (Å²) in [5.41, 5.74) is -1.46. The van der Waals surface area contributed by atoms with Gasteiger partial charge in [-0.3, -0.25) is 19.3 Å². The first kappa shape index (κ1) is 24.9. The largest absolute Gasteiger partial charge is 0.416 e. The fourth-order valence-electron chi connectivity index (χ4n) is 4.13. The van der Waals surface area contributed by atoms with E-state index in [1.807, 2.05) is 4.90 Å². The van der Waals surface area contributed by atoms with Crippen molar-refractivity contribution >= 4 is 11.8 Å². The number of ether oxygens (including phenoxy) is 1. The van der Waals surface area contributed by atoms with Crippen molar-refractivity contribution < 1.29 is 27.5 Å². The van der Waals surface area contributed by atoms with Crippen LogP contribution in [0.15, 0.2) is 35.1 Å². The van der Waals surface area contributed by atoms with Crippen molar-refractivity contribution in [1.29, 1.82) is 0 Å². The summed E-state index contributed by atoms with van der Waals surface area (Å²) in [4.78, 5) is 43.4. The van der Waals surface area contributed by atoms with Gasteiger partial charge < -0.3 is 14.5 Å². The second-order valence-corrected chi connectivity index (χ2v) is 8.52. The van der Waals surface area contributed by atoms with Crippen LogP contribution in [0.2, 0.25) is 0 Å². The third-order valence-corrected chi connectivity index (χ3v) is 6.11. The average molecular weight is 493 g/mol. The van der Waals surface area contributed by atoms with Crippen LogP contribution >= 0.6 is 0 Å². The van der Waals surface area contributed by atoms with Gasteiger partial charge in [0.2, 0.25) is 11.3 Å². The molecule has 35 heavy (non-hydrogen) atoms. The van der Waals surface area contributed by atoms with E-state index in [0.29, 0.717) is 51.6 Å². The van der Waals surface area contributed by atoms with Gasteiger partial charge in [0.1, 0.15) is 0 Å². The number of nitrogens with zero attached hydrogens (tertiary/aromatic N) is 5. The summed E-state index contributed by atoms with van der Waals surface area (Å²) in [6.07, 6.45) is -4.54. The Hall–Kier alpha value is -3.25. The molecule has 188 valence electrons. The zero-order valence-corrected chi connectivity index (χ0v) is 19.3. The fourth-order valence-corrected chi connectivity index (χ4v) is 4.13. The fraction of sp³-hybridized carbons (Fsp3) is 0.478. The number of carbonyl (C=O) groups excluding carboxylic acids is 2. The Morgan fingerprint density at radius 3 is 2.31 bits per heavy atom. The highest BCUT2D eigenvalue weighted by atomic mass is 19.4. The third kappa shape index (κ3) is 5.70. The minimum absolute atomic E-state index is 0.0284. The van der Waals surface area contributed by atoms with Gasteiger partial charge in [-0.2, -0.15) is 18.3 Å². The highest BCUT2D eigenvalue weighted by Gasteiger charge is 2.31. The van der Waals surface area contributed by atoms with Crippen molar-refractivity contribution in [3.05, 3.63) is 57.5 Å². The van der Waals surface area contributed by atoms with E-state index in [1.165, 1.54) is 30.0 Å². The maximum Gasteiger partial charge on any atom is 0.416 e. The van der Waals surface area contributed by atoms with E-state index >= 15 is 0 Å². The van der Waals surface area contributed by atoms with E-state index in [-0.39, 0.29) is 30.4 Å². The Morgan fingerprint density at radius 1 is 1.00 bits per heavy atom. The molecule has 0 saturated carbocycles. The van der Waals surface area contributed by atoms with Crippen LogP contribution < -0.4 is 5.43 Å². The van der Waals surface area contributed by atoms with Crippen LogP contribution in [-0.4, -0.2) is 95.3 Å². The molecule has 9 nitrogen and oxygen atoms in total. The summed E-state index contributed by atoms with van der Waals surface area (Å²) in [5, 5.41) is 4.12. The highest BCUT2D eigenvalue weighted by Crippen LogP contribution is 2.30. The van der Waals surface area contributed by atoms with E-state index < -0.39 is 23.1 Å². The normalized spacial score (nSPS) is 17.5. The highest BCUT2D eigenvalue weighted by molar-refractivity contribution is 5.92. The molecular weight excluding hydrogens is 467 g/mol. The van der Waals surface area contributed by atoms with Gasteiger partial charge in [0.05, 0.1) is 31.0 Å². The molecule has 0 spiro atoms. The van der Waals surface area contributed by atoms with Crippen molar-refractivity contribution in [1.82, 2.24) is 24.5 Å². The number of piperazine rings is 1. The number of carbonyl (C=O) groups is 2. The van der Waals surface area contributed by atoms with Gasteiger partial charge in [0, 0.05) is 51.0 Å². The molecule has 0 unspecified atom stereocenters. The lowest BCUT2D eigenvalue weighted by Crippen LogP contribution is -2.54. The Morgan fingerprint density at radius 2 is 1.66 bits per heavy atom. The van der Waals surface area contributed by atoms with Crippen molar-refractivity contribution in [2.45, 2.75) is 13.1 Å². The van der Waals surface area contributed by atoms with Gasteiger partial charge in [0.15, 0.2) is 5.69 Å². The second-order valence-electron chi connectivity index (χ2n) is 8.52. The smallest absolute Gasteiger partial charge is 0.379 e. The van der Waals surface area contributed by atoms with Crippen molar-refractivity contribution in [3.63, 3.8) is 0 Å². The first-order chi connectivity index (χ1) is 16.6. The van der Waals surface area contributed by atoms with E-state index in [9.17, 15) is 27.6 Å². The third-order valence-electron chi connectivity index (χ3n) is 6.11. The monoisotopic (exact) mass is 493 g/mol. The summed E-state index contributed by atoms with van der Waals surface area (Å²) in [6, 6.07) is 5.70. The Balaban J connectivity index is 1.47. The van der Waals surface area contributed by atoms with Crippen molar-refractivity contribution in [2.75, 3.05) is 59.0 Å². The van der Waals surface area contributed by atoms with Crippen LogP contribution in [0.1, 0.15) is 21.7 Å². The molecule has 2 saturated heterocycles. The predicted octanol–water partition coefficient (Wildman–Crippen LogP) is 1.18. The van der Waals surface area contributed by atoms with Gasteiger partial charge in [-0.1, -0.05) is 6.07 Å². The van der Waals surface area contributed by atoms with Gasteiger partial charge in [-0.25, -0.2) is 4.68 Å². The van der Waals surface area contributed by atoms with Crippen LogP contribution in [0.3, 0.4) is 0 Å². The topological polar surface area (TPSA) is 88.0 Å². The van der Waals surface area contributed by atoms with Crippen LogP contribution in [0.25, 0.3) is 5.69 Å². The summed E-state index contributed by atoms with van der Waals surface area (Å²) < 4.78 is 45.9. The summed E-state index contributed by atoms with van der Waals surface area (Å²) in [7, 11) is 0. The number of aromatic nitrogens is 2. The van der Waals surface area contributed by atoms with Crippen LogP contribution in [-0.2, 0) is 15.7 Å². The summed E-state index contributed by atoms with van der Waals surface area (Å²) in [6.45, 7) is 5.50. The number of hydrogen-bond donors (Lipinski definition) is 0. The van der Waals surface area contributed by atoms with Gasteiger partial charge in [-0.05, 0) is 25.1 Å². The number of morpholine rings is 1. The molecule has 0 bridgehead atoms. The van der Waals surface area contributed by atoms with E-state index in [0.717, 1.165) is 16.8 Å². The number of benzene rings is 1. The van der Waals surface area contributed by atoms with Gasteiger partial charge in [-0.15, -0.1) is 0 Å². The molecular formula is C23H26F3N5O4. The van der Waals surface area contributed by atoms with Crippen LogP contribution in [0.4, 0.5) is 13.2 Å². The summed E-state index contributed by atoms with van der Waals surface area (Å²) in [5.74, 6) is -0.643. The Bertz CT molecular complexity index is 1150. The standard InChI is InChI=1S/C23H26F3N5O4/c1-16-13-19(32)21(27-31(16)18-4-2-3-17(14-18)23(24,25)26)22(34)30-7-5-29(6-8-30)20(33)15-28-9-11-35-12-10-28/h2-4,13-14H,5-12,15H2,1H3. The predicted molar refractivity (Wildman–Crippen MR) is 119 cm³/mol. The lowest BCUT2D eigenvalue weighted by molar-refractivity contribution is -0.137. The first-order valence-electron chi connectivity index (χ1n) is 11.3. The molecule has 0 atom stereocenters. The van der Waals surface area contributed by atoms with E-state index in [1.54, 1.807) is 4.90 Å². The number of alkyl halides is 3. The molecule has 2 aliphatic rings. The quantitative estimate of drug-likeness (QED) is 0.636. The summed E-state index contributed by atoms with van der Waals surface area (Å²) >= 11 is 0. The Kier molecular flexibility index (Phi) is 7.22. The molecule has 12 heteroatoms. The SMILES string of the molecule is Cc1cc(=O)c(C(=O)N2CCN(C(=O)CN3CCOCC3)CC2)nn1-c1cccc(C(F)(F)F)c1. The van der Waals surface area contributed by atoms with E-state index in [4.69, 9.17) is 4.74 Å². The molecule has 2 amide bonds. The van der Waals surface area contributed by atoms with Crippen LogP contribution in [0.5, 0.6) is 0 Å². The van der Waals surface area contributed by atoms with Crippen molar-refractivity contribution in [3.8, 4) is 5.69 Å². The molecule has 2 aliphatic heterocycles. The number of aryl methyl sites for hydroxylation is 1. The maximum atomic E-state index is 13.1. The molecule has 1 aromatic heterocycles. The minimum atomic E-state index is -4.54. The molecule has 2 fully saturated rings. The minimum Gasteiger partial charge on any atom is -0.379 e. The molecule has 0 radical (unpaired) electrons. The van der Waals surface area contributed by atoms with Gasteiger partial charge in [0.25, 0.3) is 5.91 Å². The average Bonchev–Trinajstić information content (AvgIpc) is 2.84. The number of rotatable bonds is 4. The second kappa shape index (κ2) is 10.2. The number of halogens is 3. The zero-order valence-electron chi connectivity index (χ0n) is 19.3. The molecule has 0 N–H and O–H groups in total. The lowest BCUT2D eigenvalue weighted by Gasteiger charge is -2.36. The van der Waals surface area contributed by atoms with Crippen LogP contribution in [0, 0.1) is 6.92 Å². The maximum absolute atomic E-state index is 13.1. The molecule has 1 aromatic carbocycles. The first-order valence-corrected chi connectivity index (χ1v) is 11.3. The number of amides is 2.